The van der Waals surface area contributed by atoms with E-state index in [2.05, 4.69) is 41.6 Å². The Bertz CT molecular complexity index is 595. The molecule has 3 nitrogen and oxygen atoms in total. The van der Waals surface area contributed by atoms with Crippen LogP contribution in [0.3, 0.4) is 0 Å². The SMILES string of the molecule is C[Si](C)(C)CCOC[n+]1c[nH]c(C2CC2)c1C1=CC2CC2C1. The molecule has 1 aromatic rings. The van der Waals surface area contributed by atoms with E-state index in [1.807, 2.05) is 0 Å². The smallest absolute Gasteiger partial charge is 0.244 e. The first-order valence-electron chi connectivity index (χ1n) is 8.91. The van der Waals surface area contributed by atoms with Gasteiger partial charge in [0.15, 0.2) is 18.1 Å². The predicted octanol–water partition coefficient (Wildman–Crippen LogP) is 3.92. The van der Waals surface area contributed by atoms with Gasteiger partial charge in [0.2, 0.25) is 6.33 Å². The number of aromatic amines is 1. The highest BCUT2D eigenvalue weighted by Gasteiger charge is 2.44. The number of ether oxygens (including phenoxy) is 1. The minimum Gasteiger partial charge on any atom is -0.342 e. The van der Waals surface area contributed by atoms with Crippen LogP contribution in [0.5, 0.6) is 0 Å². The van der Waals surface area contributed by atoms with Gasteiger partial charge >= 0.3 is 0 Å². The molecule has 1 aromatic heterocycles. The average Bonchev–Trinajstić information content (AvgIpc) is 3.35. The van der Waals surface area contributed by atoms with Crippen LogP contribution in [0.2, 0.25) is 25.7 Å². The van der Waals surface area contributed by atoms with E-state index < -0.39 is 8.07 Å². The van der Waals surface area contributed by atoms with Crippen LogP contribution in [0.15, 0.2) is 12.4 Å². The predicted molar refractivity (Wildman–Crippen MR) is 91.3 cm³/mol. The van der Waals surface area contributed by atoms with E-state index in [1.165, 1.54) is 43.1 Å². The first-order chi connectivity index (χ1) is 10.5. The van der Waals surface area contributed by atoms with E-state index in [9.17, 15) is 0 Å². The number of nitrogens with zero attached hydrogens (tertiary/aromatic N) is 1. The van der Waals surface area contributed by atoms with Crippen LogP contribution >= 0.6 is 0 Å². The van der Waals surface area contributed by atoms with Crippen molar-refractivity contribution in [3.05, 3.63) is 23.8 Å². The minimum atomic E-state index is -0.994. The zero-order valence-electron chi connectivity index (χ0n) is 14.2. The van der Waals surface area contributed by atoms with Crippen LogP contribution in [-0.2, 0) is 11.5 Å². The summed E-state index contributed by atoms with van der Waals surface area (Å²) < 4.78 is 8.33. The molecule has 0 radical (unpaired) electrons. The number of nitrogens with one attached hydrogen (secondary N) is 1. The van der Waals surface area contributed by atoms with Crippen LogP contribution in [0.4, 0.5) is 0 Å². The summed E-state index contributed by atoms with van der Waals surface area (Å²) in [5, 5.41) is 0. The Hall–Kier alpha value is -0.873. The highest BCUT2D eigenvalue weighted by molar-refractivity contribution is 6.76. The largest absolute Gasteiger partial charge is 0.342 e. The Balaban J connectivity index is 1.46. The van der Waals surface area contributed by atoms with Gasteiger partial charge in [0.05, 0.1) is 0 Å². The average molecular weight is 318 g/mol. The van der Waals surface area contributed by atoms with Crippen molar-refractivity contribution >= 4 is 13.6 Å². The molecule has 2 saturated carbocycles. The van der Waals surface area contributed by atoms with E-state index in [4.69, 9.17) is 4.74 Å². The molecule has 0 bridgehead atoms. The topological polar surface area (TPSA) is 28.9 Å². The Morgan fingerprint density at radius 1 is 1.32 bits per heavy atom. The fraction of sp³-hybridized carbons (Fsp3) is 0.722. The molecule has 0 spiro atoms. The normalized spacial score (nSPS) is 27.0. The summed E-state index contributed by atoms with van der Waals surface area (Å²) in [5.41, 5.74) is 4.52. The molecule has 2 unspecified atom stereocenters. The number of rotatable bonds is 7. The second-order valence-corrected chi connectivity index (χ2v) is 14.3. The number of aromatic nitrogens is 2. The van der Waals surface area contributed by atoms with Crippen molar-refractivity contribution in [3.63, 3.8) is 0 Å². The zero-order valence-corrected chi connectivity index (χ0v) is 15.2. The summed E-state index contributed by atoms with van der Waals surface area (Å²) in [7, 11) is -0.994. The molecule has 3 aliphatic carbocycles. The van der Waals surface area contributed by atoms with Crippen molar-refractivity contribution in [2.75, 3.05) is 6.61 Å². The van der Waals surface area contributed by atoms with Gasteiger partial charge in [0.25, 0.3) is 0 Å². The van der Waals surface area contributed by atoms with E-state index in [-0.39, 0.29) is 0 Å². The third-order valence-electron chi connectivity index (χ3n) is 5.31. The maximum absolute atomic E-state index is 6.00. The molecule has 1 heterocycles. The molecule has 22 heavy (non-hydrogen) atoms. The van der Waals surface area contributed by atoms with Crippen LogP contribution in [0, 0.1) is 11.8 Å². The van der Waals surface area contributed by atoms with Gasteiger partial charge in [-0.2, -0.15) is 0 Å². The monoisotopic (exact) mass is 317 g/mol. The first kappa shape index (κ1) is 14.7. The van der Waals surface area contributed by atoms with Gasteiger partial charge in [0, 0.05) is 20.6 Å². The number of imidazole rings is 1. The molecule has 0 aromatic carbocycles. The Kier molecular flexibility index (Phi) is 3.57. The molecule has 0 aliphatic heterocycles. The van der Waals surface area contributed by atoms with Crippen molar-refractivity contribution in [2.24, 2.45) is 11.8 Å². The van der Waals surface area contributed by atoms with Gasteiger partial charge < -0.3 is 4.74 Å². The van der Waals surface area contributed by atoms with Crippen molar-refractivity contribution in [1.82, 2.24) is 4.98 Å². The van der Waals surface area contributed by atoms with Crippen molar-refractivity contribution in [1.29, 1.82) is 0 Å². The quantitative estimate of drug-likeness (QED) is 0.461. The lowest BCUT2D eigenvalue weighted by Crippen LogP contribution is -2.38. The molecule has 0 saturated heterocycles. The molecular weight excluding hydrogens is 288 g/mol. The molecular formula is C18H29N2OSi+. The summed E-state index contributed by atoms with van der Waals surface area (Å²) in [6.07, 6.45) is 10.1. The number of H-pyrrole nitrogens is 1. The summed E-state index contributed by atoms with van der Waals surface area (Å²) in [5.74, 6) is 2.62. The lowest BCUT2D eigenvalue weighted by atomic mass is 10.1. The Labute approximate surface area is 134 Å². The lowest BCUT2D eigenvalue weighted by Gasteiger charge is -2.15. The van der Waals surface area contributed by atoms with Crippen LogP contribution in [-0.4, -0.2) is 19.7 Å². The molecule has 120 valence electrons. The van der Waals surface area contributed by atoms with E-state index >= 15 is 0 Å². The maximum Gasteiger partial charge on any atom is 0.244 e. The summed E-state index contributed by atoms with van der Waals surface area (Å²) in [4.78, 5) is 3.55. The van der Waals surface area contributed by atoms with Gasteiger partial charge in [-0.15, -0.1) is 0 Å². The molecule has 0 amide bonds. The van der Waals surface area contributed by atoms with Gasteiger partial charge in [-0.25, -0.2) is 9.55 Å². The van der Waals surface area contributed by atoms with E-state index in [0.717, 1.165) is 24.4 Å². The second kappa shape index (κ2) is 5.34. The molecule has 2 atom stereocenters. The standard InChI is InChI=1S/C18H28N2OSi/c1-22(2,3)7-6-21-12-20-11-19-17(13-4-5-13)18(20)16-9-14-8-15(14)10-16/h9,11,13-15H,4-8,10,12H2,1-3H3/p+1. The van der Waals surface area contributed by atoms with E-state index in [0.29, 0.717) is 6.73 Å². The Morgan fingerprint density at radius 2 is 2.14 bits per heavy atom. The number of hydrogen-bond donors (Lipinski definition) is 1. The first-order valence-corrected chi connectivity index (χ1v) is 12.6. The highest BCUT2D eigenvalue weighted by Crippen LogP contribution is 2.53. The lowest BCUT2D eigenvalue weighted by molar-refractivity contribution is -0.733. The van der Waals surface area contributed by atoms with Crippen molar-refractivity contribution < 1.29 is 9.30 Å². The third-order valence-corrected chi connectivity index (χ3v) is 7.01. The molecule has 1 N–H and O–H groups in total. The molecule has 4 heteroatoms. The van der Waals surface area contributed by atoms with E-state index in [1.54, 1.807) is 5.57 Å². The zero-order chi connectivity index (χ0) is 15.3. The Morgan fingerprint density at radius 3 is 2.77 bits per heavy atom. The van der Waals surface area contributed by atoms with Crippen LogP contribution in [0.1, 0.15) is 43.0 Å². The summed E-state index contributed by atoms with van der Waals surface area (Å²) >= 11 is 0. The van der Waals surface area contributed by atoms with Crippen molar-refractivity contribution in [3.8, 4) is 0 Å². The second-order valence-electron chi connectivity index (χ2n) is 8.68. The number of fused-ring (bicyclic) bond motifs is 1. The number of allylic oxidation sites excluding steroid dienone is 2. The third kappa shape index (κ3) is 3.09. The van der Waals surface area contributed by atoms with Gasteiger partial charge in [-0.05, 0) is 49.1 Å². The fourth-order valence-electron chi connectivity index (χ4n) is 3.61. The number of hydrogen-bond acceptors (Lipinski definition) is 1. The summed E-state index contributed by atoms with van der Waals surface area (Å²) in [6, 6.07) is 1.25. The van der Waals surface area contributed by atoms with Crippen LogP contribution < -0.4 is 4.57 Å². The van der Waals surface area contributed by atoms with Crippen molar-refractivity contribution in [2.45, 2.75) is 64.0 Å². The van der Waals surface area contributed by atoms with Gasteiger partial charge in [0.1, 0.15) is 0 Å². The molecule has 4 rings (SSSR count). The fourth-order valence-corrected chi connectivity index (χ4v) is 4.37. The minimum absolute atomic E-state index is 0.704. The van der Waals surface area contributed by atoms with Gasteiger partial charge in [-0.3, -0.25) is 0 Å². The highest BCUT2D eigenvalue weighted by atomic mass is 28.3. The van der Waals surface area contributed by atoms with Gasteiger partial charge in [-0.1, -0.05) is 25.7 Å². The summed E-state index contributed by atoms with van der Waals surface area (Å²) in [6.45, 7) is 8.83. The molecule has 3 aliphatic rings. The van der Waals surface area contributed by atoms with Crippen LogP contribution in [0.25, 0.3) is 5.57 Å². The maximum atomic E-state index is 6.00. The molecule has 2 fully saturated rings.